The molecule has 2 rings (SSSR count). The maximum Gasteiger partial charge on any atom is 0.321 e. The van der Waals surface area contributed by atoms with Crippen molar-refractivity contribution in [2.45, 2.75) is 13.0 Å². The third kappa shape index (κ3) is 4.56. The molecule has 1 atom stereocenters. The molecule has 0 saturated heterocycles. The molecule has 23 heavy (non-hydrogen) atoms. The summed E-state index contributed by atoms with van der Waals surface area (Å²) in [5.74, 6) is -0.420. The molecule has 0 spiro atoms. The zero-order valence-electron chi connectivity index (χ0n) is 12.9. The predicted molar refractivity (Wildman–Crippen MR) is 94.3 cm³/mol. The van der Waals surface area contributed by atoms with Gasteiger partial charge in [0.15, 0.2) is 0 Å². The van der Waals surface area contributed by atoms with Gasteiger partial charge in [0.2, 0.25) is 0 Å². The van der Waals surface area contributed by atoms with E-state index < -0.39 is 18.0 Å². The number of imide groups is 1. The Kier molecular flexibility index (Phi) is 5.76. The first-order chi connectivity index (χ1) is 11.0. The summed E-state index contributed by atoms with van der Waals surface area (Å²) in [5.41, 5.74) is 2.62. The SMILES string of the molecule is CNC(=O)NC(=O)[C@H](Nc1ccc(Br)c(C)c1)c1ccccc1. The Morgan fingerprint density at radius 2 is 1.78 bits per heavy atom. The van der Waals surface area contributed by atoms with Crippen LogP contribution >= 0.6 is 15.9 Å². The fourth-order valence-corrected chi connectivity index (χ4v) is 2.34. The average Bonchev–Trinajstić information content (AvgIpc) is 2.56. The highest BCUT2D eigenvalue weighted by atomic mass is 79.9. The van der Waals surface area contributed by atoms with E-state index in [2.05, 4.69) is 31.9 Å². The van der Waals surface area contributed by atoms with E-state index in [9.17, 15) is 9.59 Å². The number of carbonyl (C=O) groups excluding carboxylic acids is 2. The zero-order valence-corrected chi connectivity index (χ0v) is 14.5. The van der Waals surface area contributed by atoms with Gasteiger partial charge in [0.1, 0.15) is 6.04 Å². The summed E-state index contributed by atoms with van der Waals surface area (Å²) >= 11 is 3.45. The Labute approximate surface area is 143 Å². The number of anilines is 1. The fourth-order valence-electron chi connectivity index (χ4n) is 2.09. The molecule has 0 fully saturated rings. The standard InChI is InChI=1S/C17H18BrN3O2/c1-11-10-13(8-9-14(11)18)20-15(12-6-4-3-5-7-12)16(22)21-17(23)19-2/h3-10,15,20H,1-2H3,(H2,19,21,22,23)/t15-/m1/s1. The van der Waals surface area contributed by atoms with E-state index in [4.69, 9.17) is 0 Å². The van der Waals surface area contributed by atoms with Crippen molar-refractivity contribution < 1.29 is 9.59 Å². The van der Waals surface area contributed by atoms with Crippen molar-refractivity contribution in [1.29, 1.82) is 0 Å². The van der Waals surface area contributed by atoms with Crippen LogP contribution in [0.4, 0.5) is 10.5 Å². The van der Waals surface area contributed by atoms with E-state index in [1.165, 1.54) is 7.05 Å². The van der Waals surface area contributed by atoms with E-state index in [-0.39, 0.29) is 0 Å². The Balaban J connectivity index is 2.28. The second-order valence-corrected chi connectivity index (χ2v) is 5.87. The number of nitrogens with one attached hydrogen (secondary N) is 3. The van der Waals surface area contributed by atoms with E-state index >= 15 is 0 Å². The molecule has 0 aliphatic heterocycles. The molecule has 5 nitrogen and oxygen atoms in total. The van der Waals surface area contributed by atoms with Crippen LogP contribution < -0.4 is 16.0 Å². The smallest absolute Gasteiger partial charge is 0.321 e. The van der Waals surface area contributed by atoms with Crippen LogP contribution in [0.2, 0.25) is 0 Å². The second kappa shape index (κ2) is 7.78. The minimum atomic E-state index is -0.672. The molecule has 2 aromatic carbocycles. The fraction of sp³-hybridized carbons (Fsp3) is 0.176. The van der Waals surface area contributed by atoms with Crippen LogP contribution in [-0.2, 0) is 4.79 Å². The van der Waals surface area contributed by atoms with Crippen LogP contribution in [0.5, 0.6) is 0 Å². The van der Waals surface area contributed by atoms with Crippen LogP contribution in [0.25, 0.3) is 0 Å². The number of rotatable bonds is 4. The Bertz CT molecular complexity index is 704. The van der Waals surface area contributed by atoms with Gasteiger partial charge in [-0.2, -0.15) is 0 Å². The van der Waals surface area contributed by atoms with Gasteiger partial charge in [0.25, 0.3) is 5.91 Å². The lowest BCUT2D eigenvalue weighted by atomic mass is 10.1. The van der Waals surface area contributed by atoms with Crippen LogP contribution in [0.1, 0.15) is 17.2 Å². The first-order valence-corrected chi connectivity index (χ1v) is 7.90. The maximum atomic E-state index is 12.4. The minimum Gasteiger partial charge on any atom is -0.370 e. The van der Waals surface area contributed by atoms with E-state index in [1.54, 1.807) is 0 Å². The van der Waals surface area contributed by atoms with Crippen LogP contribution in [-0.4, -0.2) is 19.0 Å². The van der Waals surface area contributed by atoms with Gasteiger partial charge in [-0.3, -0.25) is 10.1 Å². The van der Waals surface area contributed by atoms with E-state index in [0.717, 1.165) is 21.3 Å². The molecule has 3 N–H and O–H groups in total. The molecule has 0 radical (unpaired) electrons. The molecule has 0 aliphatic carbocycles. The number of urea groups is 1. The molecule has 0 aromatic heterocycles. The topological polar surface area (TPSA) is 70.2 Å². The monoisotopic (exact) mass is 375 g/mol. The summed E-state index contributed by atoms with van der Waals surface area (Å²) in [6.45, 7) is 1.97. The Hall–Kier alpha value is -2.34. The molecule has 0 saturated carbocycles. The van der Waals surface area contributed by atoms with Crippen LogP contribution in [0.3, 0.4) is 0 Å². The van der Waals surface area contributed by atoms with E-state index in [0.29, 0.717) is 0 Å². The number of benzene rings is 2. The molecule has 3 amide bonds. The molecule has 0 bridgehead atoms. The van der Waals surface area contributed by atoms with Crippen molar-refractivity contribution in [3.63, 3.8) is 0 Å². The van der Waals surface area contributed by atoms with Gasteiger partial charge in [-0.1, -0.05) is 46.3 Å². The molecular weight excluding hydrogens is 358 g/mol. The lowest BCUT2D eigenvalue weighted by molar-refractivity contribution is -0.120. The summed E-state index contributed by atoms with van der Waals surface area (Å²) in [6, 6.07) is 13.8. The molecule has 2 aromatic rings. The van der Waals surface area contributed by atoms with Gasteiger partial charge in [0, 0.05) is 17.2 Å². The summed E-state index contributed by atoms with van der Waals surface area (Å²) in [6.07, 6.45) is 0. The molecule has 0 heterocycles. The Morgan fingerprint density at radius 1 is 1.09 bits per heavy atom. The van der Waals surface area contributed by atoms with Gasteiger partial charge >= 0.3 is 6.03 Å². The largest absolute Gasteiger partial charge is 0.370 e. The highest BCUT2D eigenvalue weighted by Gasteiger charge is 2.22. The molecule has 6 heteroatoms. The summed E-state index contributed by atoms with van der Waals surface area (Å²) in [5, 5.41) is 7.87. The van der Waals surface area contributed by atoms with Crippen molar-refractivity contribution in [1.82, 2.24) is 10.6 Å². The van der Waals surface area contributed by atoms with Gasteiger partial charge in [-0.25, -0.2) is 4.79 Å². The van der Waals surface area contributed by atoms with Gasteiger partial charge in [-0.15, -0.1) is 0 Å². The van der Waals surface area contributed by atoms with Crippen LogP contribution in [0.15, 0.2) is 53.0 Å². The van der Waals surface area contributed by atoms with Crippen molar-refractivity contribution in [2.75, 3.05) is 12.4 Å². The van der Waals surface area contributed by atoms with Crippen LogP contribution in [0, 0.1) is 6.92 Å². The highest BCUT2D eigenvalue weighted by molar-refractivity contribution is 9.10. The molecule has 120 valence electrons. The van der Waals surface area contributed by atoms with Crippen molar-refractivity contribution >= 4 is 33.6 Å². The van der Waals surface area contributed by atoms with E-state index in [1.807, 2.05) is 55.5 Å². The molecular formula is C17H18BrN3O2. The van der Waals surface area contributed by atoms with Crippen molar-refractivity contribution in [3.8, 4) is 0 Å². The normalized spacial score (nSPS) is 11.4. The summed E-state index contributed by atoms with van der Waals surface area (Å²) < 4.78 is 0.995. The lowest BCUT2D eigenvalue weighted by Crippen LogP contribution is -2.42. The third-order valence-corrected chi connectivity index (χ3v) is 4.22. The summed E-state index contributed by atoms with van der Waals surface area (Å²) in [7, 11) is 1.46. The average molecular weight is 376 g/mol. The first-order valence-electron chi connectivity index (χ1n) is 7.11. The summed E-state index contributed by atoms with van der Waals surface area (Å²) in [4.78, 5) is 23.9. The van der Waals surface area contributed by atoms with Crippen molar-refractivity contribution in [2.24, 2.45) is 0 Å². The lowest BCUT2D eigenvalue weighted by Gasteiger charge is -2.20. The maximum absolute atomic E-state index is 12.4. The predicted octanol–water partition coefficient (Wildman–Crippen LogP) is 3.37. The zero-order chi connectivity index (χ0) is 16.8. The third-order valence-electron chi connectivity index (χ3n) is 3.33. The molecule has 0 aliphatic rings. The first kappa shape index (κ1) is 17.0. The highest BCUT2D eigenvalue weighted by Crippen LogP contribution is 2.24. The number of hydrogen-bond acceptors (Lipinski definition) is 3. The second-order valence-electron chi connectivity index (χ2n) is 5.02. The number of hydrogen-bond donors (Lipinski definition) is 3. The minimum absolute atomic E-state index is 0.420. The number of aryl methyl sites for hydroxylation is 1. The number of amides is 3. The van der Waals surface area contributed by atoms with Crippen molar-refractivity contribution in [3.05, 3.63) is 64.1 Å². The number of carbonyl (C=O) groups is 2. The van der Waals surface area contributed by atoms with Gasteiger partial charge in [-0.05, 0) is 36.2 Å². The quantitative estimate of drug-likeness (QED) is 0.766. The number of halogens is 1. The molecule has 0 unspecified atom stereocenters. The van der Waals surface area contributed by atoms with Gasteiger partial charge in [0.05, 0.1) is 0 Å². The van der Waals surface area contributed by atoms with Gasteiger partial charge < -0.3 is 10.6 Å². The Morgan fingerprint density at radius 3 is 2.39 bits per heavy atom.